The molecule has 0 fully saturated rings. The third-order valence-electron chi connectivity index (χ3n) is 2.86. The summed E-state index contributed by atoms with van der Waals surface area (Å²) in [6.45, 7) is 8.35. The molecule has 106 valence electrons. The maximum Gasteiger partial charge on any atom is 0.194 e. The highest BCUT2D eigenvalue weighted by Crippen LogP contribution is 2.30. The van der Waals surface area contributed by atoms with E-state index in [1.807, 2.05) is 13.8 Å². The topological polar surface area (TPSA) is 44.8 Å². The molecule has 4 nitrogen and oxygen atoms in total. The third kappa shape index (κ3) is 3.70. The van der Waals surface area contributed by atoms with Gasteiger partial charge in [-0.1, -0.05) is 0 Å². The van der Waals surface area contributed by atoms with Gasteiger partial charge in [-0.3, -0.25) is 4.79 Å². The molecule has 0 spiro atoms. The van der Waals surface area contributed by atoms with Crippen molar-refractivity contribution in [2.75, 3.05) is 20.3 Å². The molecule has 0 atom stereocenters. The number of benzene rings is 1. The summed E-state index contributed by atoms with van der Waals surface area (Å²) in [7, 11) is 1.52. The molecule has 1 rings (SSSR count). The highest BCUT2D eigenvalue weighted by Gasteiger charge is 2.28. The van der Waals surface area contributed by atoms with Gasteiger partial charge in [0.25, 0.3) is 0 Å². The summed E-state index contributed by atoms with van der Waals surface area (Å²) < 4.78 is 16.2. The van der Waals surface area contributed by atoms with Crippen molar-refractivity contribution in [3.8, 4) is 11.5 Å². The van der Waals surface area contributed by atoms with Crippen molar-refractivity contribution in [2.45, 2.75) is 33.3 Å². The highest BCUT2D eigenvalue weighted by molar-refractivity contribution is 6.02. The van der Waals surface area contributed by atoms with Gasteiger partial charge in [0.2, 0.25) is 0 Å². The molecule has 0 aliphatic rings. The molecule has 0 saturated carbocycles. The highest BCUT2D eigenvalue weighted by atomic mass is 16.5. The first-order valence-corrected chi connectivity index (χ1v) is 6.45. The van der Waals surface area contributed by atoms with Crippen LogP contribution < -0.4 is 9.47 Å². The number of ketones is 1. The Morgan fingerprint density at radius 3 is 2.21 bits per heavy atom. The summed E-state index contributed by atoms with van der Waals surface area (Å²) in [6, 6.07) is 5.20. The summed E-state index contributed by atoms with van der Waals surface area (Å²) in [6.07, 6.45) is 0. The van der Waals surface area contributed by atoms with Crippen LogP contribution in [0, 0.1) is 0 Å². The molecule has 1 aromatic rings. The summed E-state index contributed by atoms with van der Waals surface area (Å²) in [5.74, 6) is 1.15. The first kappa shape index (κ1) is 15.5. The van der Waals surface area contributed by atoms with Gasteiger partial charge < -0.3 is 14.2 Å². The molecule has 19 heavy (non-hydrogen) atoms. The van der Waals surface area contributed by atoms with E-state index in [2.05, 4.69) is 0 Å². The molecular formula is C15H22O4. The molecule has 0 amide bonds. The minimum atomic E-state index is -0.851. The minimum absolute atomic E-state index is 0.0843. The van der Waals surface area contributed by atoms with Gasteiger partial charge in [-0.15, -0.1) is 0 Å². The Morgan fingerprint density at radius 2 is 1.68 bits per heavy atom. The standard InChI is InChI=1S/C15H22O4/c1-6-18-12-9-8-11(10-13(12)19-7-2)14(16)15(3,4)17-5/h8-10H,6-7H2,1-5H3. The van der Waals surface area contributed by atoms with E-state index in [1.54, 1.807) is 32.0 Å². The lowest BCUT2D eigenvalue weighted by Gasteiger charge is -2.21. The van der Waals surface area contributed by atoms with Crippen LogP contribution in [-0.4, -0.2) is 31.7 Å². The zero-order valence-corrected chi connectivity index (χ0v) is 12.3. The quantitative estimate of drug-likeness (QED) is 0.711. The van der Waals surface area contributed by atoms with Crippen LogP contribution in [0.25, 0.3) is 0 Å². The number of ether oxygens (including phenoxy) is 3. The van der Waals surface area contributed by atoms with E-state index < -0.39 is 5.60 Å². The van der Waals surface area contributed by atoms with Crippen LogP contribution in [0.1, 0.15) is 38.1 Å². The Kier molecular flexibility index (Phi) is 5.36. The molecule has 0 saturated heterocycles. The molecule has 0 radical (unpaired) electrons. The van der Waals surface area contributed by atoms with Gasteiger partial charge in [-0.05, 0) is 45.9 Å². The van der Waals surface area contributed by atoms with Crippen molar-refractivity contribution in [1.29, 1.82) is 0 Å². The molecule has 0 bridgehead atoms. The lowest BCUT2D eigenvalue weighted by atomic mass is 9.96. The second kappa shape index (κ2) is 6.57. The maximum atomic E-state index is 12.3. The van der Waals surface area contributed by atoms with Crippen LogP contribution in [0.4, 0.5) is 0 Å². The fourth-order valence-electron chi connectivity index (χ4n) is 1.63. The summed E-state index contributed by atoms with van der Waals surface area (Å²) in [4.78, 5) is 12.3. The third-order valence-corrected chi connectivity index (χ3v) is 2.86. The summed E-state index contributed by atoms with van der Waals surface area (Å²) >= 11 is 0. The Morgan fingerprint density at radius 1 is 1.11 bits per heavy atom. The van der Waals surface area contributed by atoms with E-state index in [1.165, 1.54) is 7.11 Å². The zero-order valence-electron chi connectivity index (χ0n) is 12.3. The molecule has 0 unspecified atom stereocenters. The number of Topliss-reactive ketones (excluding diaryl/α,β-unsaturated/α-hetero) is 1. The Bertz CT molecular complexity index is 438. The minimum Gasteiger partial charge on any atom is -0.490 e. The average Bonchev–Trinajstić information content (AvgIpc) is 2.40. The van der Waals surface area contributed by atoms with Gasteiger partial charge in [0, 0.05) is 12.7 Å². The maximum absolute atomic E-state index is 12.3. The van der Waals surface area contributed by atoms with E-state index in [-0.39, 0.29) is 5.78 Å². The van der Waals surface area contributed by atoms with Crippen LogP contribution in [0.2, 0.25) is 0 Å². The van der Waals surface area contributed by atoms with Crippen molar-refractivity contribution in [3.63, 3.8) is 0 Å². The van der Waals surface area contributed by atoms with Gasteiger partial charge in [0.15, 0.2) is 17.3 Å². The number of hydrogen-bond donors (Lipinski definition) is 0. The van der Waals surface area contributed by atoms with E-state index >= 15 is 0 Å². The molecular weight excluding hydrogens is 244 g/mol. The van der Waals surface area contributed by atoms with Crippen LogP contribution >= 0.6 is 0 Å². The second-order valence-electron chi connectivity index (χ2n) is 4.57. The number of methoxy groups -OCH3 is 1. The van der Waals surface area contributed by atoms with Crippen molar-refractivity contribution < 1.29 is 19.0 Å². The Hall–Kier alpha value is -1.55. The van der Waals surface area contributed by atoms with Crippen LogP contribution in [0.5, 0.6) is 11.5 Å². The molecule has 0 aliphatic carbocycles. The summed E-state index contributed by atoms with van der Waals surface area (Å²) in [5, 5.41) is 0. The molecule has 0 aliphatic heterocycles. The Balaban J connectivity index is 3.10. The van der Waals surface area contributed by atoms with Crippen LogP contribution in [0.15, 0.2) is 18.2 Å². The Labute approximate surface area is 114 Å². The molecule has 0 N–H and O–H groups in total. The predicted octanol–water partition coefficient (Wildman–Crippen LogP) is 3.09. The first-order chi connectivity index (χ1) is 8.96. The second-order valence-corrected chi connectivity index (χ2v) is 4.57. The zero-order chi connectivity index (χ0) is 14.5. The van der Waals surface area contributed by atoms with E-state index in [9.17, 15) is 4.79 Å². The van der Waals surface area contributed by atoms with Gasteiger partial charge in [-0.2, -0.15) is 0 Å². The van der Waals surface area contributed by atoms with Gasteiger partial charge in [-0.25, -0.2) is 0 Å². The summed E-state index contributed by atoms with van der Waals surface area (Å²) in [5.41, 5.74) is -0.296. The largest absolute Gasteiger partial charge is 0.490 e. The monoisotopic (exact) mass is 266 g/mol. The van der Waals surface area contributed by atoms with E-state index in [0.717, 1.165) is 0 Å². The fraction of sp³-hybridized carbons (Fsp3) is 0.533. The van der Waals surface area contributed by atoms with E-state index in [0.29, 0.717) is 30.3 Å². The number of carbonyl (C=O) groups is 1. The van der Waals surface area contributed by atoms with Crippen molar-refractivity contribution >= 4 is 5.78 Å². The molecule has 1 aromatic carbocycles. The fourth-order valence-corrected chi connectivity index (χ4v) is 1.63. The molecule has 4 heteroatoms. The lowest BCUT2D eigenvalue weighted by molar-refractivity contribution is 0.0228. The number of carbonyl (C=O) groups excluding carboxylic acids is 1. The van der Waals surface area contributed by atoms with Crippen molar-refractivity contribution in [3.05, 3.63) is 23.8 Å². The predicted molar refractivity (Wildman–Crippen MR) is 74.2 cm³/mol. The first-order valence-electron chi connectivity index (χ1n) is 6.45. The van der Waals surface area contributed by atoms with Gasteiger partial charge in [0.1, 0.15) is 5.60 Å². The van der Waals surface area contributed by atoms with Crippen molar-refractivity contribution in [1.82, 2.24) is 0 Å². The van der Waals surface area contributed by atoms with Gasteiger partial charge >= 0.3 is 0 Å². The number of hydrogen-bond acceptors (Lipinski definition) is 4. The van der Waals surface area contributed by atoms with E-state index in [4.69, 9.17) is 14.2 Å². The van der Waals surface area contributed by atoms with Crippen LogP contribution in [0.3, 0.4) is 0 Å². The smallest absolute Gasteiger partial charge is 0.194 e. The average molecular weight is 266 g/mol. The normalized spacial score (nSPS) is 11.2. The van der Waals surface area contributed by atoms with Gasteiger partial charge in [0.05, 0.1) is 13.2 Å². The number of rotatable bonds is 7. The molecule has 0 heterocycles. The SMILES string of the molecule is CCOc1ccc(C(=O)C(C)(C)OC)cc1OCC. The molecule has 0 aromatic heterocycles. The lowest BCUT2D eigenvalue weighted by Crippen LogP contribution is -2.33. The van der Waals surface area contributed by atoms with Crippen molar-refractivity contribution in [2.24, 2.45) is 0 Å². The van der Waals surface area contributed by atoms with Crippen LogP contribution in [-0.2, 0) is 4.74 Å².